The number of hydrogen-bond acceptors (Lipinski definition) is 4. The molecule has 0 fully saturated rings. The number of pyridine rings is 1. The second-order valence-corrected chi connectivity index (χ2v) is 8.27. The molecule has 0 spiro atoms. The van der Waals surface area contributed by atoms with Crippen LogP contribution in [0, 0.1) is 0 Å². The molecule has 3 aromatic carbocycles. The molecular formula is C28H27N3O2. The van der Waals surface area contributed by atoms with E-state index >= 15 is 0 Å². The Bertz CT molecular complexity index is 1280. The van der Waals surface area contributed by atoms with E-state index < -0.39 is 0 Å². The van der Waals surface area contributed by atoms with Gasteiger partial charge in [-0.05, 0) is 53.9 Å². The van der Waals surface area contributed by atoms with E-state index in [1.54, 1.807) is 0 Å². The van der Waals surface area contributed by atoms with Gasteiger partial charge in [0.2, 0.25) is 0 Å². The van der Waals surface area contributed by atoms with Gasteiger partial charge < -0.3 is 15.0 Å². The highest BCUT2D eigenvalue weighted by atomic mass is 16.5. The lowest BCUT2D eigenvalue weighted by Crippen LogP contribution is -2.25. The number of carbonyl (C=O) groups is 1. The first-order chi connectivity index (χ1) is 16.2. The number of amides is 1. The van der Waals surface area contributed by atoms with Crippen LogP contribution in [0.4, 0.5) is 5.69 Å². The van der Waals surface area contributed by atoms with Gasteiger partial charge in [-0.3, -0.25) is 9.78 Å². The highest BCUT2D eigenvalue weighted by Crippen LogP contribution is 2.33. The Labute approximate surface area is 194 Å². The van der Waals surface area contributed by atoms with Gasteiger partial charge in [-0.2, -0.15) is 0 Å². The molecule has 1 aromatic heterocycles. The summed E-state index contributed by atoms with van der Waals surface area (Å²) in [6, 6.07) is 24.5. The van der Waals surface area contributed by atoms with Crippen molar-refractivity contribution in [2.45, 2.75) is 19.9 Å². The molecule has 5 nitrogen and oxygen atoms in total. The number of benzene rings is 3. The zero-order valence-corrected chi connectivity index (χ0v) is 18.8. The Morgan fingerprint density at radius 3 is 2.70 bits per heavy atom. The third kappa shape index (κ3) is 4.40. The molecule has 33 heavy (non-hydrogen) atoms. The van der Waals surface area contributed by atoms with Gasteiger partial charge >= 0.3 is 0 Å². The van der Waals surface area contributed by atoms with E-state index in [0.717, 1.165) is 52.9 Å². The maximum absolute atomic E-state index is 12.2. The Morgan fingerprint density at radius 2 is 1.85 bits per heavy atom. The van der Waals surface area contributed by atoms with Crippen molar-refractivity contribution < 1.29 is 9.53 Å². The summed E-state index contributed by atoms with van der Waals surface area (Å²) in [7, 11) is 0. The molecule has 0 aliphatic carbocycles. The van der Waals surface area contributed by atoms with E-state index in [-0.39, 0.29) is 5.91 Å². The first kappa shape index (κ1) is 21.0. The largest absolute Gasteiger partial charge is 0.491 e. The molecule has 0 radical (unpaired) electrons. The van der Waals surface area contributed by atoms with Crippen LogP contribution >= 0.6 is 0 Å². The van der Waals surface area contributed by atoms with Crippen molar-refractivity contribution in [3.05, 3.63) is 90.1 Å². The zero-order valence-electron chi connectivity index (χ0n) is 18.8. The molecule has 4 aromatic rings. The molecule has 166 valence electrons. The first-order valence-corrected chi connectivity index (χ1v) is 11.5. The van der Waals surface area contributed by atoms with Gasteiger partial charge in [-0.25, -0.2) is 0 Å². The molecule has 1 aliphatic heterocycles. The Hall–Kier alpha value is -3.86. The summed E-state index contributed by atoms with van der Waals surface area (Å²) < 4.78 is 6.08. The maximum atomic E-state index is 12.2. The highest BCUT2D eigenvalue weighted by molar-refractivity contribution is 5.94. The van der Waals surface area contributed by atoms with Gasteiger partial charge in [0.15, 0.2) is 0 Å². The molecule has 0 unspecified atom stereocenters. The number of fused-ring (bicyclic) bond motifs is 2. The van der Waals surface area contributed by atoms with Gasteiger partial charge in [-0.15, -0.1) is 0 Å². The lowest BCUT2D eigenvalue weighted by atomic mass is 10.0. The van der Waals surface area contributed by atoms with Crippen molar-refractivity contribution in [1.82, 2.24) is 10.3 Å². The molecule has 0 saturated carbocycles. The molecule has 1 N–H and O–H groups in total. The fourth-order valence-electron chi connectivity index (χ4n) is 4.29. The lowest BCUT2D eigenvalue weighted by Gasteiger charge is -2.23. The number of hydrogen-bond donors (Lipinski definition) is 1. The van der Waals surface area contributed by atoms with Crippen LogP contribution in [0.5, 0.6) is 5.75 Å². The van der Waals surface area contributed by atoms with Crippen LogP contribution in [0.25, 0.3) is 22.0 Å². The van der Waals surface area contributed by atoms with Gasteiger partial charge in [0.05, 0.1) is 12.1 Å². The smallest absolute Gasteiger partial charge is 0.251 e. The number of rotatable bonds is 5. The summed E-state index contributed by atoms with van der Waals surface area (Å²) in [5.74, 6) is 0.897. The van der Waals surface area contributed by atoms with E-state index in [1.807, 2.05) is 49.5 Å². The number of aromatic nitrogens is 1. The fraction of sp³-hybridized carbons (Fsp3) is 0.214. The van der Waals surface area contributed by atoms with E-state index in [9.17, 15) is 4.79 Å². The summed E-state index contributed by atoms with van der Waals surface area (Å²) in [5, 5.41) is 4.07. The third-order valence-electron chi connectivity index (χ3n) is 6.02. The standard InChI is InChI=1S/C28H27N3O2/c1-2-14-30-28(32)21-9-7-20(8-10-21)22-11-12-27-23(18-22)19-31(16-17-33-27)26-13-15-29-25-6-4-3-5-24(25)26/h3-13,15,18H,2,14,16-17,19H2,1H3,(H,30,32). The van der Waals surface area contributed by atoms with E-state index in [2.05, 4.69) is 51.6 Å². The number of carbonyl (C=O) groups excluding carboxylic acids is 1. The van der Waals surface area contributed by atoms with Gasteiger partial charge in [0, 0.05) is 41.5 Å². The van der Waals surface area contributed by atoms with Crippen LogP contribution in [-0.4, -0.2) is 30.6 Å². The van der Waals surface area contributed by atoms with Crippen LogP contribution in [-0.2, 0) is 6.54 Å². The topological polar surface area (TPSA) is 54.5 Å². The normalized spacial score (nSPS) is 13.2. The Balaban J connectivity index is 1.42. The van der Waals surface area contributed by atoms with Crippen molar-refractivity contribution >= 4 is 22.5 Å². The monoisotopic (exact) mass is 437 g/mol. The number of anilines is 1. The molecule has 0 bridgehead atoms. The van der Waals surface area contributed by atoms with E-state index in [4.69, 9.17) is 4.74 Å². The summed E-state index contributed by atoms with van der Waals surface area (Å²) in [6.07, 6.45) is 2.80. The second-order valence-electron chi connectivity index (χ2n) is 8.27. The molecule has 5 rings (SSSR count). The second kappa shape index (κ2) is 9.33. The summed E-state index contributed by atoms with van der Waals surface area (Å²) >= 11 is 0. The summed E-state index contributed by atoms with van der Waals surface area (Å²) in [4.78, 5) is 19.1. The maximum Gasteiger partial charge on any atom is 0.251 e. The Morgan fingerprint density at radius 1 is 1.03 bits per heavy atom. The van der Waals surface area contributed by atoms with Crippen LogP contribution in [0.15, 0.2) is 79.0 Å². The zero-order chi connectivity index (χ0) is 22.6. The Kier molecular flexibility index (Phi) is 5.94. The van der Waals surface area contributed by atoms with Crippen molar-refractivity contribution in [3.63, 3.8) is 0 Å². The molecule has 5 heteroatoms. The molecular weight excluding hydrogens is 410 g/mol. The number of para-hydroxylation sites is 1. The van der Waals surface area contributed by atoms with Crippen LogP contribution < -0.4 is 15.0 Å². The highest BCUT2D eigenvalue weighted by Gasteiger charge is 2.18. The van der Waals surface area contributed by atoms with Gasteiger partial charge in [0.25, 0.3) is 5.91 Å². The van der Waals surface area contributed by atoms with Crippen molar-refractivity contribution in [3.8, 4) is 16.9 Å². The van der Waals surface area contributed by atoms with Crippen molar-refractivity contribution in [2.24, 2.45) is 0 Å². The number of nitrogens with zero attached hydrogens (tertiary/aromatic N) is 2. The minimum Gasteiger partial charge on any atom is -0.491 e. The van der Waals surface area contributed by atoms with Gasteiger partial charge in [0.1, 0.15) is 12.4 Å². The average Bonchev–Trinajstić information content (AvgIpc) is 3.09. The molecule has 2 heterocycles. The molecule has 1 amide bonds. The predicted octanol–water partition coefficient (Wildman–Crippen LogP) is 5.44. The van der Waals surface area contributed by atoms with Crippen LogP contribution in [0.3, 0.4) is 0 Å². The number of ether oxygens (including phenoxy) is 1. The van der Waals surface area contributed by atoms with Crippen LogP contribution in [0.2, 0.25) is 0 Å². The molecule has 0 saturated heterocycles. The summed E-state index contributed by atoms with van der Waals surface area (Å²) in [5.41, 5.74) is 6.19. The minimum atomic E-state index is -0.0288. The van der Waals surface area contributed by atoms with E-state index in [1.165, 1.54) is 5.69 Å². The summed E-state index contributed by atoms with van der Waals surface area (Å²) in [6.45, 7) is 4.93. The third-order valence-corrected chi connectivity index (χ3v) is 6.02. The predicted molar refractivity (Wildman–Crippen MR) is 133 cm³/mol. The van der Waals surface area contributed by atoms with Crippen LogP contribution in [0.1, 0.15) is 29.3 Å². The molecule has 0 atom stereocenters. The lowest BCUT2D eigenvalue weighted by molar-refractivity contribution is 0.0953. The van der Waals surface area contributed by atoms with Crippen molar-refractivity contribution in [2.75, 3.05) is 24.6 Å². The average molecular weight is 438 g/mol. The van der Waals surface area contributed by atoms with Gasteiger partial charge in [-0.1, -0.05) is 43.3 Å². The SMILES string of the molecule is CCCNC(=O)c1ccc(-c2ccc3c(c2)CN(c2ccnc4ccccc24)CCO3)cc1. The quantitative estimate of drug-likeness (QED) is 0.452. The molecule has 1 aliphatic rings. The fourth-order valence-corrected chi connectivity index (χ4v) is 4.29. The minimum absolute atomic E-state index is 0.0288. The number of nitrogens with one attached hydrogen (secondary N) is 1. The van der Waals surface area contributed by atoms with E-state index in [0.29, 0.717) is 18.7 Å². The van der Waals surface area contributed by atoms with Crippen molar-refractivity contribution in [1.29, 1.82) is 0 Å². The first-order valence-electron chi connectivity index (χ1n) is 11.5.